The molecule has 31 heavy (non-hydrogen) atoms. The fourth-order valence-electron chi connectivity index (χ4n) is 2.69. The maximum atomic E-state index is 12.8. The molecule has 1 aliphatic rings. The van der Waals surface area contributed by atoms with Crippen LogP contribution in [-0.2, 0) is 29.6 Å². The lowest BCUT2D eigenvalue weighted by Gasteiger charge is -2.25. The topological polar surface area (TPSA) is 146 Å². The number of anilines is 1. The van der Waals surface area contributed by atoms with Crippen LogP contribution in [0, 0.1) is 0 Å². The van der Waals surface area contributed by atoms with Gasteiger partial charge >= 0.3 is 18.0 Å². The van der Waals surface area contributed by atoms with E-state index in [0.29, 0.717) is 17.0 Å². The summed E-state index contributed by atoms with van der Waals surface area (Å²) in [4.78, 5) is 49.7. The lowest BCUT2D eigenvalue weighted by Crippen LogP contribution is -2.55. The summed E-state index contributed by atoms with van der Waals surface area (Å²) in [6, 6.07) is 2.57. The molecule has 0 fully saturated rings. The minimum atomic E-state index is -1.29. The third-order valence-electron chi connectivity index (χ3n) is 4.15. The average Bonchev–Trinajstić information content (AvgIpc) is 2.68. The molecule has 2 atom stereocenters. The van der Waals surface area contributed by atoms with Crippen LogP contribution in [0.1, 0.15) is 36.7 Å². The number of esters is 2. The highest BCUT2D eigenvalue weighted by molar-refractivity contribution is 7.98. The van der Waals surface area contributed by atoms with Gasteiger partial charge in [0.05, 0.1) is 12.7 Å². The van der Waals surface area contributed by atoms with Gasteiger partial charge in [0.25, 0.3) is 0 Å². The van der Waals surface area contributed by atoms with Gasteiger partial charge < -0.3 is 30.6 Å². The Bertz CT molecular complexity index is 854. The molecule has 1 heterocycles. The summed E-state index contributed by atoms with van der Waals surface area (Å²) in [6.07, 6.45) is -0.871. The van der Waals surface area contributed by atoms with Crippen LogP contribution >= 0.6 is 11.8 Å². The SMILES string of the molecule is COC(=O)[C@@H]1CSCc2c(N)cccc2C(=O)OC[C@@H](NC(=O)OC(C)(C)C)C(=O)N1. The van der Waals surface area contributed by atoms with Crippen LogP contribution in [0.15, 0.2) is 18.2 Å². The number of hydrogen-bond acceptors (Lipinski definition) is 9. The first kappa shape index (κ1) is 24.3. The first-order valence-electron chi connectivity index (χ1n) is 9.51. The van der Waals surface area contributed by atoms with Gasteiger partial charge in [-0.05, 0) is 38.5 Å². The highest BCUT2D eigenvalue weighted by Crippen LogP contribution is 2.24. The van der Waals surface area contributed by atoms with Crippen LogP contribution < -0.4 is 16.4 Å². The Morgan fingerprint density at radius 2 is 2.00 bits per heavy atom. The number of rotatable bonds is 2. The molecule has 0 saturated carbocycles. The van der Waals surface area contributed by atoms with Gasteiger partial charge in [0.1, 0.15) is 24.3 Å². The Morgan fingerprint density at radius 3 is 2.65 bits per heavy atom. The van der Waals surface area contributed by atoms with Gasteiger partial charge in [-0.3, -0.25) is 4.79 Å². The molecule has 1 aliphatic heterocycles. The molecule has 0 radical (unpaired) electrons. The number of nitrogen functional groups attached to an aromatic ring is 1. The zero-order valence-electron chi connectivity index (χ0n) is 17.9. The highest BCUT2D eigenvalue weighted by atomic mass is 32.2. The number of hydrogen-bond donors (Lipinski definition) is 3. The van der Waals surface area contributed by atoms with E-state index in [1.807, 2.05) is 0 Å². The number of ether oxygens (including phenoxy) is 3. The molecule has 0 bridgehead atoms. The van der Waals surface area contributed by atoms with Gasteiger partial charge in [0.15, 0.2) is 0 Å². The Labute approximate surface area is 184 Å². The molecule has 170 valence electrons. The third-order valence-corrected chi connectivity index (χ3v) is 5.22. The summed E-state index contributed by atoms with van der Waals surface area (Å²) in [5.74, 6) is -1.56. The van der Waals surface area contributed by atoms with Crippen LogP contribution in [0.5, 0.6) is 0 Å². The highest BCUT2D eigenvalue weighted by Gasteiger charge is 2.31. The van der Waals surface area contributed by atoms with Crippen LogP contribution in [-0.4, -0.2) is 61.1 Å². The van der Waals surface area contributed by atoms with Crippen molar-refractivity contribution in [2.75, 3.05) is 25.2 Å². The first-order chi connectivity index (χ1) is 14.5. The molecule has 0 unspecified atom stereocenters. The van der Waals surface area contributed by atoms with Crippen molar-refractivity contribution in [3.63, 3.8) is 0 Å². The van der Waals surface area contributed by atoms with E-state index in [1.165, 1.54) is 18.9 Å². The molecule has 4 N–H and O–H groups in total. The summed E-state index contributed by atoms with van der Waals surface area (Å²) >= 11 is 1.29. The number of carbonyl (C=O) groups is 4. The molecule has 2 rings (SSSR count). The smallest absolute Gasteiger partial charge is 0.408 e. The predicted molar refractivity (Wildman–Crippen MR) is 114 cm³/mol. The van der Waals surface area contributed by atoms with Crippen molar-refractivity contribution in [3.05, 3.63) is 29.3 Å². The van der Waals surface area contributed by atoms with E-state index in [2.05, 4.69) is 10.6 Å². The quantitative estimate of drug-likeness (QED) is 0.342. The number of methoxy groups -OCH3 is 1. The Hall–Kier alpha value is -2.95. The zero-order valence-corrected chi connectivity index (χ0v) is 18.7. The van der Waals surface area contributed by atoms with Gasteiger partial charge in [-0.15, -0.1) is 0 Å². The van der Waals surface area contributed by atoms with Crippen molar-refractivity contribution < 1.29 is 33.4 Å². The molecular formula is C20H27N3O7S. The van der Waals surface area contributed by atoms with E-state index in [4.69, 9.17) is 19.9 Å². The summed E-state index contributed by atoms with van der Waals surface area (Å²) in [5, 5.41) is 4.91. The molecule has 1 aromatic carbocycles. The fraction of sp³-hybridized carbons (Fsp3) is 0.500. The predicted octanol–water partition coefficient (Wildman–Crippen LogP) is 1.22. The van der Waals surface area contributed by atoms with Crippen LogP contribution in [0.25, 0.3) is 0 Å². The minimum Gasteiger partial charge on any atom is -0.467 e. The molecule has 0 aromatic heterocycles. The van der Waals surface area contributed by atoms with Gasteiger partial charge in [-0.1, -0.05) is 6.07 Å². The fourth-order valence-corrected chi connectivity index (χ4v) is 3.79. The van der Waals surface area contributed by atoms with Gasteiger partial charge in [-0.25, -0.2) is 14.4 Å². The maximum Gasteiger partial charge on any atom is 0.408 e. The van der Waals surface area contributed by atoms with E-state index in [-0.39, 0.29) is 11.3 Å². The number of alkyl carbamates (subject to hydrolysis) is 1. The molecule has 0 saturated heterocycles. The van der Waals surface area contributed by atoms with E-state index in [0.717, 1.165) is 0 Å². The van der Waals surface area contributed by atoms with Gasteiger partial charge in [-0.2, -0.15) is 11.8 Å². The largest absolute Gasteiger partial charge is 0.467 e. The molecule has 2 amide bonds. The average molecular weight is 454 g/mol. The summed E-state index contributed by atoms with van der Waals surface area (Å²) < 4.78 is 15.2. The van der Waals surface area contributed by atoms with E-state index >= 15 is 0 Å². The van der Waals surface area contributed by atoms with Crippen LogP contribution in [0.2, 0.25) is 0 Å². The molecular weight excluding hydrogens is 426 g/mol. The number of thioether (sulfide) groups is 1. The number of nitrogens with two attached hydrogens (primary N) is 1. The number of amides is 2. The summed E-state index contributed by atoms with van der Waals surface area (Å²) in [7, 11) is 1.21. The lowest BCUT2D eigenvalue weighted by molar-refractivity contribution is -0.144. The van der Waals surface area contributed by atoms with Crippen molar-refractivity contribution in [2.45, 2.75) is 44.2 Å². The van der Waals surface area contributed by atoms with Crippen molar-refractivity contribution >= 4 is 41.4 Å². The van der Waals surface area contributed by atoms with Gasteiger partial charge in [0, 0.05) is 17.2 Å². The maximum absolute atomic E-state index is 12.8. The number of carbonyl (C=O) groups excluding carboxylic acids is 4. The standard InChI is InChI=1S/C20H27N3O7S/c1-20(2,3)30-19(27)23-14-8-29-17(25)11-6-5-7-13(21)12(11)9-31-10-15(18(26)28-4)22-16(14)24/h5-7,14-15H,8-10,21H2,1-4H3,(H,22,24)(H,23,27)/t14-,15+/m1/s1. The van der Waals surface area contributed by atoms with Crippen molar-refractivity contribution in [2.24, 2.45) is 0 Å². The van der Waals surface area contributed by atoms with E-state index in [1.54, 1.807) is 39.0 Å². The van der Waals surface area contributed by atoms with Crippen molar-refractivity contribution in [1.82, 2.24) is 10.6 Å². The van der Waals surface area contributed by atoms with Crippen LogP contribution in [0.3, 0.4) is 0 Å². The second-order valence-corrected chi connectivity index (χ2v) is 8.80. The number of nitrogens with one attached hydrogen (secondary N) is 2. The summed E-state index contributed by atoms with van der Waals surface area (Å²) in [6.45, 7) is 4.53. The Kier molecular flexibility index (Phi) is 8.14. The Morgan fingerprint density at radius 1 is 1.29 bits per heavy atom. The lowest BCUT2D eigenvalue weighted by atomic mass is 10.1. The zero-order chi connectivity index (χ0) is 23.2. The molecule has 1 aromatic rings. The van der Waals surface area contributed by atoms with E-state index in [9.17, 15) is 19.2 Å². The van der Waals surface area contributed by atoms with Crippen LogP contribution in [0.4, 0.5) is 10.5 Å². The molecule has 0 aliphatic carbocycles. The monoisotopic (exact) mass is 453 g/mol. The molecule has 0 spiro atoms. The second-order valence-electron chi connectivity index (χ2n) is 7.77. The van der Waals surface area contributed by atoms with Crippen molar-refractivity contribution in [1.29, 1.82) is 0 Å². The van der Waals surface area contributed by atoms with E-state index < -0.39 is 48.2 Å². The molecule has 10 nitrogen and oxygen atoms in total. The molecule has 11 heteroatoms. The number of benzene rings is 1. The Balaban J connectivity index is 2.32. The number of cyclic esters (lactones) is 1. The first-order valence-corrected chi connectivity index (χ1v) is 10.7. The van der Waals surface area contributed by atoms with Crippen molar-refractivity contribution in [3.8, 4) is 0 Å². The minimum absolute atomic E-state index is 0.167. The summed E-state index contributed by atoms with van der Waals surface area (Å²) in [5.41, 5.74) is 6.43. The van der Waals surface area contributed by atoms with Gasteiger partial charge in [0.2, 0.25) is 5.91 Å². The second kappa shape index (κ2) is 10.4. The third kappa shape index (κ3) is 7.06. The number of fused-ring (bicyclic) bond motifs is 1. The normalized spacial score (nSPS) is 20.1.